The molecule has 0 radical (unpaired) electrons. The van der Waals surface area contributed by atoms with Crippen molar-refractivity contribution in [1.29, 1.82) is 0 Å². The minimum Gasteiger partial charge on any atom is -0.336 e. The van der Waals surface area contributed by atoms with E-state index in [4.69, 9.17) is 0 Å². The highest BCUT2D eigenvalue weighted by molar-refractivity contribution is 7.18. The van der Waals surface area contributed by atoms with Gasteiger partial charge in [-0.3, -0.25) is 14.2 Å². The molecule has 140 valence electrons. The fourth-order valence-corrected chi connectivity index (χ4v) is 5.83. The van der Waals surface area contributed by atoms with E-state index in [2.05, 4.69) is 18.8 Å². The van der Waals surface area contributed by atoms with Crippen LogP contribution in [0.5, 0.6) is 0 Å². The van der Waals surface area contributed by atoms with Gasteiger partial charge < -0.3 is 4.90 Å². The maximum atomic E-state index is 13.1. The SMILES string of the molecule is CC1CCCC(C)N1C(=O)Cn1cnc2sc3c(c2c1=O)CCCCC3. The zero-order valence-corrected chi connectivity index (χ0v) is 16.5. The Bertz CT molecular complexity index is 875. The molecule has 3 heterocycles. The van der Waals surface area contributed by atoms with E-state index in [0.29, 0.717) is 0 Å². The Labute approximate surface area is 158 Å². The first-order valence-electron chi connectivity index (χ1n) is 9.87. The Kier molecular flexibility index (Phi) is 4.86. The Morgan fingerprint density at radius 3 is 2.65 bits per heavy atom. The summed E-state index contributed by atoms with van der Waals surface area (Å²) >= 11 is 1.66. The van der Waals surface area contributed by atoms with E-state index in [9.17, 15) is 9.59 Å². The summed E-state index contributed by atoms with van der Waals surface area (Å²) in [7, 11) is 0. The number of aromatic nitrogens is 2. The summed E-state index contributed by atoms with van der Waals surface area (Å²) in [6.07, 6.45) is 10.4. The second kappa shape index (κ2) is 7.14. The van der Waals surface area contributed by atoms with Gasteiger partial charge in [0.2, 0.25) is 5.91 Å². The van der Waals surface area contributed by atoms with Gasteiger partial charge in [-0.05, 0) is 64.4 Å². The van der Waals surface area contributed by atoms with E-state index in [-0.39, 0.29) is 30.1 Å². The molecular formula is C20H27N3O2S. The summed E-state index contributed by atoms with van der Waals surface area (Å²) in [4.78, 5) is 34.7. The average molecular weight is 374 g/mol. The van der Waals surface area contributed by atoms with Crippen molar-refractivity contribution in [2.45, 2.75) is 83.8 Å². The number of rotatable bonds is 2. The Morgan fingerprint density at radius 1 is 1.15 bits per heavy atom. The molecule has 2 aromatic heterocycles. The number of piperidine rings is 1. The lowest BCUT2D eigenvalue weighted by Crippen LogP contribution is -2.49. The van der Waals surface area contributed by atoms with Crippen LogP contribution in [0.3, 0.4) is 0 Å². The Hall–Kier alpha value is -1.69. The maximum Gasteiger partial charge on any atom is 0.262 e. The van der Waals surface area contributed by atoms with E-state index < -0.39 is 0 Å². The minimum atomic E-state index is -0.0416. The lowest BCUT2D eigenvalue weighted by Gasteiger charge is -2.39. The number of hydrogen-bond donors (Lipinski definition) is 0. The Morgan fingerprint density at radius 2 is 1.88 bits per heavy atom. The summed E-state index contributed by atoms with van der Waals surface area (Å²) in [6, 6.07) is 0.493. The van der Waals surface area contributed by atoms with Gasteiger partial charge in [0.05, 0.1) is 11.7 Å². The van der Waals surface area contributed by atoms with Crippen LogP contribution < -0.4 is 5.56 Å². The largest absolute Gasteiger partial charge is 0.336 e. The van der Waals surface area contributed by atoms with Crippen molar-refractivity contribution in [2.75, 3.05) is 0 Å². The third-order valence-corrected chi connectivity index (χ3v) is 7.18. The summed E-state index contributed by atoms with van der Waals surface area (Å²) in [5.41, 5.74) is 1.15. The quantitative estimate of drug-likeness (QED) is 0.757. The third kappa shape index (κ3) is 3.08. The highest BCUT2D eigenvalue weighted by Crippen LogP contribution is 2.32. The van der Waals surface area contributed by atoms with Crippen LogP contribution in [0.2, 0.25) is 0 Å². The molecule has 1 aliphatic heterocycles. The predicted octanol–water partition coefficient (Wildman–Crippen LogP) is 3.52. The number of carbonyl (C=O) groups excluding carboxylic acids is 1. The number of nitrogens with zero attached hydrogens (tertiary/aromatic N) is 3. The summed E-state index contributed by atoms with van der Waals surface area (Å²) in [5.74, 6) is 0.0364. The molecule has 5 nitrogen and oxygen atoms in total. The topological polar surface area (TPSA) is 55.2 Å². The van der Waals surface area contributed by atoms with Crippen LogP contribution in [0.15, 0.2) is 11.1 Å². The van der Waals surface area contributed by atoms with Gasteiger partial charge in [-0.15, -0.1) is 11.3 Å². The van der Waals surface area contributed by atoms with Gasteiger partial charge in [-0.25, -0.2) is 4.98 Å². The molecule has 2 unspecified atom stereocenters. The Balaban J connectivity index is 1.67. The standard InChI is InChI=1S/C20H27N3O2S/c1-13-7-6-8-14(2)23(13)17(24)11-22-12-21-19-18(20(22)25)15-9-4-3-5-10-16(15)26-19/h12-14H,3-11H2,1-2H3. The number of hydrogen-bond acceptors (Lipinski definition) is 4. The molecule has 1 amide bonds. The summed E-state index contributed by atoms with van der Waals surface area (Å²) in [6.45, 7) is 4.31. The molecule has 2 aliphatic rings. The van der Waals surface area contributed by atoms with Crippen molar-refractivity contribution in [1.82, 2.24) is 14.5 Å². The van der Waals surface area contributed by atoms with Crippen molar-refractivity contribution in [3.8, 4) is 0 Å². The lowest BCUT2D eigenvalue weighted by molar-refractivity contribution is -0.138. The molecule has 2 atom stereocenters. The fourth-order valence-electron chi connectivity index (χ4n) is 4.61. The summed E-state index contributed by atoms with van der Waals surface area (Å²) in [5, 5.41) is 0.766. The first-order valence-corrected chi connectivity index (χ1v) is 10.7. The molecule has 0 bridgehead atoms. The van der Waals surface area contributed by atoms with Crippen LogP contribution >= 0.6 is 11.3 Å². The van der Waals surface area contributed by atoms with Gasteiger partial charge >= 0.3 is 0 Å². The molecule has 1 fully saturated rings. The number of amides is 1. The highest BCUT2D eigenvalue weighted by atomic mass is 32.1. The second-order valence-electron chi connectivity index (χ2n) is 7.85. The molecular weight excluding hydrogens is 346 g/mol. The zero-order chi connectivity index (χ0) is 18.3. The molecule has 26 heavy (non-hydrogen) atoms. The molecule has 1 saturated heterocycles. The van der Waals surface area contributed by atoms with Crippen LogP contribution in [0.1, 0.15) is 62.8 Å². The number of aryl methyl sites for hydroxylation is 2. The molecule has 0 N–H and O–H groups in total. The first-order chi connectivity index (χ1) is 12.6. The van der Waals surface area contributed by atoms with Crippen LogP contribution in [0, 0.1) is 0 Å². The lowest BCUT2D eigenvalue weighted by atomic mass is 9.97. The van der Waals surface area contributed by atoms with Gasteiger partial charge in [0.25, 0.3) is 5.56 Å². The summed E-state index contributed by atoms with van der Waals surface area (Å²) < 4.78 is 1.52. The van der Waals surface area contributed by atoms with Crippen LogP contribution in [-0.2, 0) is 24.2 Å². The predicted molar refractivity (Wildman–Crippen MR) is 105 cm³/mol. The normalized spacial score (nSPS) is 23.7. The molecule has 0 spiro atoms. The van der Waals surface area contributed by atoms with E-state index in [1.54, 1.807) is 17.7 Å². The van der Waals surface area contributed by atoms with Gasteiger partial charge in [-0.2, -0.15) is 0 Å². The smallest absolute Gasteiger partial charge is 0.262 e. The van der Waals surface area contributed by atoms with Crippen LogP contribution in [0.4, 0.5) is 0 Å². The van der Waals surface area contributed by atoms with Crippen LogP contribution in [-0.4, -0.2) is 32.4 Å². The van der Waals surface area contributed by atoms with Gasteiger partial charge in [0, 0.05) is 17.0 Å². The van der Waals surface area contributed by atoms with E-state index in [1.807, 2.05) is 4.90 Å². The van der Waals surface area contributed by atoms with Crippen molar-refractivity contribution in [3.05, 3.63) is 27.1 Å². The third-order valence-electron chi connectivity index (χ3n) is 5.98. The zero-order valence-electron chi connectivity index (χ0n) is 15.7. The van der Waals surface area contributed by atoms with E-state index >= 15 is 0 Å². The molecule has 6 heteroatoms. The second-order valence-corrected chi connectivity index (χ2v) is 8.94. The molecule has 2 aromatic rings. The monoisotopic (exact) mass is 373 g/mol. The fraction of sp³-hybridized carbons (Fsp3) is 0.650. The minimum absolute atomic E-state index is 0.0364. The van der Waals surface area contributed by atoms with Crippen molar-refractivity contribution in [3.63, 3.8) is 0 Å². The van der Waals surface area contributed by atoms with E-state index in [0.717, 1.165) is 42.3 Å². The van der Waals surface area contributed by atoms with Gasteiger partial charge in [0.15, 0.2) is 0 Å². The van der Waals surface area contributed by atoms with Crippen molar-refractivity contribution in [2.24, 2.45) is 0 Å². The van der Waals surface area contributed by atoms with Gasteiger partial charge in [0.1, 0.15) is 11.4 Å². The maximum absolute atomic E-state index is 13.1. The van der Waals surface area contributed by atoms with Gasteiger partial charge in [-0.1, -0.05) is 6.42 Å². The number of fused-ring (bicyclic) bond motifs is 3. The highest BCUT2D eigenvalue weighted by Gasteiger charge is 2.29. The number of thiophene rings is 1. The average Bonchev–Trinajstić information content (AvgIpc) is 2.80. The molecule has 4 rings (SSSR count). The van der Waals surface area contributed by atoms with Crippen LogP contribution in [0.25, 0.3) is 10.2 Å². The van der Waals surface area contributed by atoms with Crippen molar-refractivity contribution < 1.29 is 4.79 Å². The molecule has 1 aliphatic carbocycles. The molecule has 0 aromatic carbocycles. The molecule has 0 saturated carbocycles. The number of carbonyl (C=O) groups is 1. The first kappa shape index (κ1) is 17.7. The van der Waals surface area contributed by atoms with E-state index in [1.165, 1.54) is 34.3 Å². The number of likely N-dealkylation sites (tertiary alicyclic amines) is 1. The van der Waals surface area contributed by atoms with Crippen molar-refractivity contribution >= 4 is 27.5 Å².